The number of fused-ring (bicyclic) bond motifs is 1. The zero-order valence-electron chi connectivity index (χ0n) is 11.0. The zero-order valence-corrected chi connectivity index (χ0v) is 11.0. The van der Waals surface area contributed by atoms with Gasteiger partial charge in [0, 0.05) is 5.69 Å². The quantitative estimate of drug-likeness (QED) is 0.734. The van der Waals surface area contributed by atoms with E-state index in [0.29, 0.717) is 22.5 Å². The summed E-state index contributed by atoms with van der Waals surface area (Å²) < 4.78 is 0. The van der Waals surface area contributed by atoms with E-state index in [9.17, 15) is 5.11 Å². The number of anilines is 1. The van der Waals surface area contributed by atoms with Gasteiger partial charge in [-0.2, -0.15) is 15.8 Å². The van der Waals surface area contributed by atoms with Crippen molar-refractivity contribution in [2.75, 3.05) is 5.32 Å². The Morgan fingerprint density at radius 3 is 2.57 bits per heavy atom. The van der Waals surface area contributed by atoms with Crippen molar-refractivity contribution in [1.29, 1.82) is 15.8 Å². The van der Waals surface area contributed by atoms with Gasteiger partial charge in [0.25, 0.3) is 0 Å². The third-order valence-electron chi connectivity index (χ3n) is 2.75. The SMILES string of the molecule is CC(O)c1nc2ccc(NC(C#N)=C(C#N)C#N)cc2[nH]1. The van der Waals surface area contributed by atoms with Gasteiger partial charge in [0.05, 0.1) is 11.0 Å². The molecule has 2 aromatic rings. The van der Waals surface area contributed by atoms with Gasteiger partial charge in [0.2, 0.25) is 0 Å². The fraction of sp³-hybridized carbons (Fsp3) is 0.143. The zero-order chi connectivity index (χ0) is 15.4. The first kappa shape index (κ1) is 14.1. The van der Waals surface area contributed by atoms with Crippen LogP contribution in [0.15, 0.2) is 29.5 Å². The van der Waals surface area contributed by atoms with E-state index in [1.807, 2.05) is 0 Å². The average molecular weight is 278 g/mol. The highest BCUT2D eigenvalue weighted by atomic mass is 16.3. The van der Waals surface area contributed by atoms with E-state index < -0.39 is 6.10 Å². The molecule has 7 nitrogen and oxygen atoms in total. The van der Waals surface area contributed by atoms with Gasteiger partial charge in [0.1, 0.15) is 35.8 Å². The number of aromatic nitrogens is 2. The second-order valence-corrected chi connectivity index (χ2v) is 4.24. The lowest BCUT2D eigenvalue weighted by Crippen LogP contribution is -2.00. The van der Waals surface area contributed by atoms with Crippen LogP contribution in [0.5, 0.6) is 0 Å². The fourth-order valence-corrected chi connectivity index (χ4v) is 1.73. The van der Waals surface area contributed by atoms with Crippen LogP contribution in [0, 0.1) is 34.0 Å². The molecule has 7 heteroatoms. The Morgan fingerprint density at radius 1 is 1.29 bits per heavy atom. The number of benzene rings is 1. The van der Waals surface area contributed by atoms with Crippen LogP contribution in [-0.2, 0) is 0 Å². The van der Waals surface area contributed by atoms with Gasteiger partial charge >= 0.3 is 0 Å². The van der Waals surface area contributed by atoms with Crippen LogP contribution in [0.25, 0.3) is 11.0 Å². The van der Waals surface area contributed by atoms with Gasteiger partial charge in [-0.1, -0.05) is 0 Å². The van der Waals surface area contributed by atoms with Crippen LogP contribution in [0.3, 0.4) is 0 Å². The van der Waals surface area contributed by atoms with Crippen molar-refractivity contribution in [1.82, 2.24) is 9.97 Å². The van der Waals surface area contributed by atoms with Crippen LogP contribution in [0.2, 0.25) is 0 Å². The maximum absolute atomic E-state index is 9.48. The minimum Gasteiger partial charge on any atom is -0.385 e. The highest BCUT2D eigenvalue weighted by Gasteiger charge is 2.10. The third-order valence-corrected chi connectivity index (χ3v) is 2.75. The van der Waals surface area contributed by atoms with E-state index in [2.05, 4.69) is 15.3 Å². The van der Waals surface area contributed by atoms with Crippen molar-refractivity contribution in [3.63, 3.8) is 0 Å². The van der Waals surface area contributed by atoms with Crippen molar-refractivity contribution < 1.29 is 5.11 Å². The largest absolute Gasteiger partial charge is 0.385 e. The van der Waals surface area contributed by atoms with Crippen molar-refractivity contribution in [2.24, 2.45) is 0 Å². The van der Waals surface area contributed by atoms with Crippen LogP contribution in [0.1, 0.15) is 18.9 Å². The van der Waals surface area contributed by atoms with Gasteiger partial charge in [-0.15, -0.1) is 0 Å². The molecule has 1 heterocycles. The van der Waals surface area contributed by atoms with Crippen LogP contribution >= 0.6 is 0 Å². The molecule has 0 saturated carbocycles. The van der Waals surface area contributed by atoms with E-state index in [1.54, 1.807) is 43.3 Å². The summed E-state index contributed by atoms with van der Waals surface area (Å²) in [5, 5.41) is 38.7. The monoisotopic (exact) mass is 278 g/mol. The lowest BCUT2D eigenvalue weighted by Gasteiger charge is -2.04. The number of aliphatic hydroxyl groups excluding tert-OH is 1. The highest BCUT2D eigenvalue weighted by molar-refractivity contribution is 5.80. The Bertz CT molecular complexity index is 825. The summed E-state index contributed by atoms with van der Waals surface area (Å²) in [6.07, 6.45) is -0.716. The number of nitrogens with one attached hydrogen (secondary N) is 2. The Balaban J connectivity index is 2.41. The number of rotatable bonds is 3. The van der Waals surface area contributed by atoms with E-state index in [1.165, 1.54) is 0 Å². The van der Waals surface area contributed by atoms with E-state index in [0.717, 1.165) is 0 Å². The molecule has 0 aliphatic carbocycles. The van der Waals surface area contributed by atoms with Crippen molar-refractivity contribution in [3.05, 3.63) is 35.3 Å². The van der Waals surface area contributed by atoms with Crippen molar-refractivity contribution in [2.45, 2.75) is 13.0 Å². The molecule has 102 valence electrons. The molecule has 0 aliphatic rings. The van der Waals surface area contributed by atoms with Gasteiger partial charge in [-0.3, -0.25) is 0 Å². The summed E-state index contributed by atoms with van der Waals surface area (Å²) >= 11 is 0. The lowest BCUT2D eigenvalue weighted by molar-refractivity contribution is 0.190. The number of nitrogens with zero attached hydrogens (tertiary/aromatic N) is 4. The number of aromatic amines is 1. The Hall–Kier alpha value is -3.34. The number of nitriles is 3. The van der Waals surface area contributed by atoms with Crippen molar-refractivity contribution in [3.8, 4) is 18.2 Å². The summed E-state index contributed by atoms with van der Waals surface area (Å²) in [7, 11) is 0. The van der Waals surface area contributed by atoms with Crippen LogP contribution < -0.4 is 5.32 Å². The van der Waals surface area contributed by atoms with Gasteiger partial charge in [-0.25, -0.2) is 4.98 Å². The lowest BCUT2D eigenvalue weighted by atomic mass is 10.2. The number of aliphatic hydroxyl groups is 1. The summed E-state index contributed by atoms with van der Waals surface area (Å²) in [6, 6.07) is 10.1. The molecule has 2 rings (SSSR count). The molecular formula is C14H10N6O. The standard InChI is InChI=1S/C14H10N6O/c1-8(21)14-19-11-3-2-10(4-12(11)20-14)18-13(7-17)9(5-15)6-16/h2-4,8,18,21H,1H3,(H,19,20). The number of imidazole rings is 1. The molecule has 0 saturated heterocycles. The van der Waals surface area contributed by atoms with Gasteiger partial charge < -0.3 is 15.4 Å². The molecule has 0 bridgehead atoms. The Kier molecular flexibility index (Phi) is 3.85. The van der Waals surface area contributed by atoms with Gasteiger partial charge in [-0.05, 0) is 25.1 Å². The number of hydrogen-bond donors (Lipinski definition) is 3. The van der Waals surface area contributed by atoms with Crippen LogP contribution in [0.4, 0.5) is 5.69 Å². The minimum absolute atomic E-state index is 0.116. The maximum Gasteiger partial charge on any atom is 0.163 e. The molecule has 1 unspecified atom stereocenters. The number of H-pyrrole nitrogens is 1. The van der Waals surface area contributed by atoms with E-state index in [4.69, 9.17) is 15.8 Å². The molecule has 21 heavy (non-hydrogen) atoms. The molecule has 1 atom stereocenters. The van der Waals surface area contributed by atoms with Crippen LogP contribution in [-0.4, -0.2) is 15.1 Å². The Morgan fingerprint density at radius 2 is 2.00 bits per heavy atom. The normalized spacial score (nSPS) is 11.0. The van der Waals surface area contributed by atoms with E-state index >= 15 is 0 Å². The average Bonchev–Trinajstić information content (AvgIpc) is 2.90. The summed E-state index contributed by atoms with van der Waals surface area (Å²) in [6.45, 7) is 1.60. The molecule has 3 N–H and O–H groups in total. The third kappa shape index (κ3) is 2.82. The molecule has 0 radical (unpaired) electrons. The second-order valence-electron chi connectivity index (χ2n) is 4.24. The fourth-order valence-electron chi connectivity index (χ4n) is 1.73. The second kappa shape index (κ2) is 5.75. The van der Waals surface area contributed by atoms with Crippen molar-refractivity contribution >= 4 is 16.7 Å². The Labute approximate surface area is 120 Å². The molecule has 0 spiro atoms. The summed E-state index contributed by atoms with van der Waals surface area (Å²) in [5.74, 6) is 0.438. The highest BCUT2D eigenvalue weighted by Crippen LogP contribution is 2.21. The number of hydrogen-bond acceptors (Lipinski definition) is 6. The smallest absolute Gasteiger partial charge is 0.163 e. The first-order chi connectivity index (χ1) is 10.1. The molecule has 0 fully saturated rings. The minimum atomic E-state index is -0.716. The topological polar surface area (TPSA) is 132 Å². The summed E-state index contributed by atoms with van der Waals surface area (Å²) in [5.41, 5.74) is 1.47. The van der Waals surface area contributed by atoms with E-state index in [-0.39, 0.29) is 11.3 Å². The first-order valence-electron chi connectivity index (χ1n) is 5.98. The summed E-state index contributed by atoms with van der Waals surface area (Å²) in [4.78, 5) is 7.16. The predicted molar refractivity (Wildman–Crippen MR) is 74.2 cm³/mol. The molecule has 1 aromatic carbocycles. The predicted octanol–water partition coefficient (Wildman–Crippen LogP) is 1.85. The molecule has 0 aliphatic heterocycles. The first-order valence-corrected chi connectivity index (χ1v) is 5.98. The molecule has 1 aromatic heterocycles. The van der Waals surface area contributed by atoms with Gasteiger partial charge in [0.15, 0.2) is 5.57 Å². The molecule has 0 amide bonds. The molecular weight excluding hydrogens is 268 g/mol. The number of allylic oxidation sites excluding steroid dienone is 2. The maximum atomic E-state index is 9.48.